The minimum atomic E-state index is 0.349. The normalized spacial score (nSPS) is 23.4. The van der Waals surface area contributed by atoms with Crippen molar-refractivity contribution in [2.24, 2.45) is 0 Å². The van der Waals surface area contributed by atoms with E-state index in [1.807, 2.05) is 6.92 Å². The molecule has 1 aromatic heterocycles. The summed E-state index contributed by atoms with van der Waals surface area (Å²) >= 11 is 0. The molecule has 2 rings (SSSR count). The Balaban J connectivity index is 2.18. The summed E-state index contributed by atoms with van der Waals surface area (Å²) in [6.07, 6.45) is 0. The minimum Gasteiger partial charge on any atom is -0.464 e. The van der Waals surface area contributed by atoms with Crippen LogP contribution in [-0.4, -0.2) is 19.6 Å². The van der Waals surface area contributed by atoms with Gasteiger partial charge in [-0.25, -0.2) is 0 Å². The molecule has 1 atom stereocenters. The molecule has 0 spiro atoms. The highest BCUT2D eigenvalue weighted by molar-refractivity contribution is 5.22. The van der Waals surface area contributed by atoms with E-state index in [1.165, 1.54) is 5.56 Å². The van der Waals surface area contributed by atoms with Gasteiger partial charge in [-0.15, -0.1) is 0 Å². The van der Waals surface area contributed by atoms with Gasteiger partial charge >= 0.3 is 0 Å². The molecule has 1 aliphatic rings. The van der Waals surface area contributed by atoms with E-state index in [1.54, 1.807) is 0 Å². The van der Waals surface area contributed by atoms with E-state index in [9.17, 15) is 0 Å². The van der Waals surface area contributed by atoms with E-state index in [0.29, 0.717) is 6.04 Å². The summed E-state index contributed by atoms with van der Waals surface area (Å²) in [6.45, 7) is 7.13. The highest BCUT2D eigenvalue weighted by Crippen LogP contribution is 2.21. The van der Waals surface area contributed by atoms with Crippen LogP contribution >= 0.6 is 0 Å². The lowest BCUT2D eigenvalue weighted by molar-refractivity contribution is 0.355. The van der Waals surface area contributed by atoms with Crippen molar-refractivity contribution in [1.29, 1.82) is 0 Å². The van der Waals surface area contributed by atoms with Crippen molar-refractivity contribution in [2.75, 3.05) is 19.6 Å². The number of aryl methyl sites for hydroxylation is 2. The molecular weight excluding hydrogens is 164 g/mol. The predicted octanol–water partition coefficient (Wildman–Crippen LogP) is 1.13. The van der Waals surface area contributed by atoms with Crippen LogP contribution in [0.5, 0.6) is 0 Å². The summed E-state index contributed by atoms with van der Waals surface area (Å²) in [4.78, 5) is 0. The molecule has 1 aromatic rings. The molecule has 1 fully saturated rings. The fourth-order valence-corrected chi connectivity index (χ4v) is 1.84. The fraction of sp³-hybridized carbons (Fsp3) is 0.600. The van der Waals surface area contributed by atoms with Crippen LogP contribution in [0.15, 0.2) is 10.5 Å². The predicted molar refractivity (Wildman–Crippen MR) is 51.8 cm³/mol. The van der Waals surface area contributed by atoms with Gasteiger partial charge in [0.05, 0.1) is 6.04 Å². The summed E-state index contributed by atoms with van der Waals surface area (Å²) in [5.41, 5.74) is 1.25. The smallest absolute Gasteiger partial charge is 0.125 e. The van der Waals surface area contributed by atoms with Crippen LogP contribution < -0.4 is 10.6 Å². The first-order chi connectivity index (χ1) is 6.27. The van der Waals surface area contributed by atoms with Gasteiger partial charge in [-0.2, -0.15) is 0 Å². The third-order valence-electron chi connectivity index (χ3n) is 2.44. The number of hydrogen-bond donors (Lipinski definition) is 2. The Labute approximate surface area is 78.5 Å². The van der Waals surface area contributed by atoms with E-state index >= 15 is 0 Å². The molecule has 0 aliphatic carbocycles. The van der Waals surface area contributed by atoms with E-state index < -0.39 is 0 Å². The molecule has 3 nitrogen and oxygen atoms in total. The summed E-state index contributed by atoms with van der Waals surface area (Å²) in [6, 6.07) is 2.44. The number of piperazine rings is 1. The van der Waals surface area contributed by atoms with Crippen molar-refractivity contribution in [1.82, 2.24) is 10.6 Å². The Morgan fingerprint density at radius 1 is 1.38 bits per heavy atom. The van der Waals surface area contributed by atoms with E-state index in [0.717, 1.165) is 31.2 Å². The topological polar surface area (TPSA) is 37.2 Å². The molecule has 1 unspecified atom stereocenters. The number of furan rings is 1. The van der Waals surface area contributed by atoms with Gasteiger partial charge < -0.3 is 15.1 Å². The minimum absolute atomic E-state index is 0.349. The molecule has 0 bridgehead atoms. The SMILES string of the molecule is Cc1cc(C)c(C2CNCCN2)o1. The van der Waals surface area contributed by atoms with Gasteiger partial charge in [0.1, 0.15) is 11.5 Å². The van der Waals surface area contributed by atoms with Crippen LogP contribution in [0.25, 0.3) is 0 Å². The molecule has 1 aliphatic heterocycles. The van der Waals surface area contributed by atoms with Crippen LogP contribution in [0.2, 0.25) is 0 Å². The lowest BCUT2D eigenvalue weighted by atomic mass is 10.1. The highest BCUT2D eigenvalue weighted by Gasteiger charge is 2.19. The molecule has 1 saturated heterocycles. The van der Waals surface area contributed by atoms with Gasteiger partial charge in [0, 0.05) is 19.6 Å². The molecular formula is C10H16N2O. The van der Waals surface area contributed by atoms with E-state index in [-0.39, 0.29) is 0 Å². The second-order valence-electron chi connectivity index (χ2n) is 3.62. The molecule has 0 saturated carbocycles. The maximum absolute atomic E-state index is 5.65. The van der Waals surface area contributed by atoms with Crippen molar-refractivity contribution in [2.45, 2.75) is 19.9 Å². The van der Waals surface area contributed by atoms with Gasteiger partial charge in [-0.05, 0) is 25.5 Å². The van der Waals surface area contributed by atoms with Crippen molar-refractivity contribution in [3.05, 3.63) is 23.2 Å². The van der Waals surface area contributed by atoms with Crippen LogP contribution in [0.4, 0.5) is 0 Å². The zero-order valence-corrected chi connectivity index (χ0v) is 8.18. The first kappa shape index (κ1) is 8.78. The summed E-state index contributed by atoms with van der Waals surface area (Å²) in [7, 11) is 0. The van der Waals surface area contributed by atoms with Gasteiger partial charge in [0.15, 0.2) is 0 Å². The average molecular weight is 180 g/mol. The van der Waals surface area contributed by atoms with Crippen LogP contribution in [0.3, 0.4) is 0 Å². The van der Waals surface area contributed by atoms with Crippen molar-refractivity contribution < 1.29 is 4.42 Å². The van der Waals surface area contributed by atoms with E-state index in [4.69, 9.17) is 4.42 Å². The summed E-state index contributed by atoms with van der Waals surface area (Å²) in [5, 5.41) is 6.78. The Bertz CT molecular complexity index is 287. The quantitative estimate of drug-likeness (QED) is 0.680. The Morgan fingerprint density at radius 3 is 2.77 bits per heavy atom. The fourth-order valence-electron chi connectivity index (χ4n) is 1.84. The van der Waals surface area contributed by atoms with Gasteiger partial charge in [0.25, 0.3) is 0 Å². The molecule has 13 heavy (non-hydrogen) atoms. The van der Waals surface area contributed by atoms with Crippen LogP contribution in [0.1, 0.15) is 23.1 Å². The monoisotopic (exact) mass is 180 g/mol. The number of rotatable bonds is 1. The maximum Gasteiger partial charge on any atom is 0.125 e. The second kappa shape index (κ2) is 3.52. The molecule has 3 heteroatoms. The lowest BCUT2D eigenvalue weighted by Crippen LogP contribution is -2.42. The molecule has 72 valence electrons. The molecule has 2 heterocycles. The van der Waals surface area contributed by atoms with Gasteiger partial charge in [-0.3, -0.25) is 0 Å². The molecule has 0 amide bonds. The van der Waals surface area contributed by atoms with Gasteiger partial charge in [0.2, 0.25) is 0 Å². The highest BCUT2D eigenvalue weighted by atomic mass is 16.3. The zero-order chi connectivity index (χ0) is 9.26. The standard InChI is InChI=1S/C10H16N2O/c1-7-5-8(2)13-10(7)9-6-11-3-4-12-9/h5,9,11-12H,3-4,6H2,1-2H3. The van der Waals surface area contributed by atoms with Crippen molar-refractivity contribution >= 4 is 0 Å². The Morgan fingerprint density at radius 2 is 2.23 bits per heavy atom. The van der Waals surface area contributed by atoms with Crippen molar-refractivity contribution in [3.8, 4) is 0 Å². The first-order valence-electron chi connectivity index (χ1n) is 4.78. The maximum atomic E-state index is 5.65. The zero-order valence-electron chi connectivity index (χ0n) is 8.18. The van der Waals surface area contributed by atoms with Crippen molar-refractivity contribution in [3.63, 3.8) is 0 Å². The number of nitrogens with one attached hydrogen (secondary N) is 2. The van der Waals surface area contributed by atoms with Gasteiger partial charge in [-0.1, -0.05) is 0 Å². The summed E-state index contributed by atoms with van der Waals surface area (Å²) < 4.78 is 5.65. The van der Waals surface area contributed by atoms with Crippen LogP contribution in [0, 0.1) is 13.8 Å². The third kappa shape index (κ3) is 1.76. The molecule has 0 radical (unpaired) electrons. The summed E-state index contributed by atoms with van der Waals surface area (Å²) in [5.74, 6) is 2.09. The van der Waals surface area contributed by atoms with E-state index in [2.05, 4.69) is 23.6 Å². The second-order valence-corrected chi connectivity index (χ2v) is 3.62. The Hall–Kier alpha value is -0.800. The molecule has 2 N–H and O–H groups in total. The first-order valence-corrected chi connectivity index (χ1v) is 4.78. The molecule has 0 aromatic carbocycles. The largest absolute Gasteiger partial charge is 0.464 e. The third-order valence-corrected chi connectivity index (χ3v) is 2.44. The Kier molecular flexibility index (Phi) is 2.38. The number of hydrogen-bond acceptors (Lipinski definition) is 3. The average Bonchev–Trinajstić information content (AvgIpc) is 2.47. The lowest BCUT2D eigenvalue weighted by Gasteiger charge is -2.23. The van der Waals surface area contributed by atoms with Crippen LogP contribution in [-0.2, 0) is 0 Å².